The molecule has 1 N–H and O–H groups in total. The first kappa shape index (κ1) is 16.8. The number of halogens is 1. The Morgan fingerprint density at radius 1 is 1.16 bits per heavy atom. The average molecular weight is 289 g/mol. The summed E-state index contributed by atoms with van der Waals surface area (Å²) in [7, 11) is 6.19. The van der Waals surface area contributed by atoms with Gasteiger partial charge >= 0.3 is 0 Å². The molecule has 0 saturated heterocycles. The lowest BCUT2D eigenvalue weighted by Crippen LogP contribution is -3.00. The summed E-state index contributed by atoms with van der Waals surface area (Å²) in [6, 6.07) is 0. The number of carbonyl (C=O) groups is 1. The summed E-state index contributed by atoms with van der Waals surface area (Å²) < 4.78 is 0.691. The number of amides is 1. The fourth-order valence-electron chi connectivity index (χ4n) is 4.13. The van der Waals surface area contributed by atoms with E-state index in [9.17, 15) is 4.79 Å². The van der Waals surface area contributed by atoms with E-state index in [4.69, 9.17) is 0 Å². The van der Waals surface area contributed by atoms with E-state index in [0.29, 0.717) is 16.9 Å². The fourth-order valence-corrected chi connectivity index (χ4v) is 4.13. The summed E-state index contributed by atoms with van der Waals surface area (Å²) in [6.45, 7) is 7.50. The highest BCUT2D eigenvalue weighted by Crippen LogP contribution is 2.61. The number of carbonyl (C=O) groups excluding carboxylic acids is 1. The van der Waals surface area contributed by atoms with Gasteiger partial charge in [0, 0.05) is 5.54 Å². The Balaban J connectivity index is 0.00000180. The average Bonchev–Trinajstić information content (AvgIpc) is 2.66. The Morgan fingerprint density at radius 2 is 1.68 bits per heavy atom. The number of rotatable bonds is 3. The summed E-state index contributed by atoms with van der Waals surface area (Å²) in [5.74, 6) is 1.66. The highest BCUT2D eigenvalue weighted by molar-refractivity contribution is 5.78. The monoisotopic (exact) mass is 288 g/mol. The molecule has 0 aliphatic heterocycles. The van der Waals surface area contributed by atoms with Crippen LogP contribution >= 0.6 is 0 Å². The van der Waals surface area contributed by atoms with E-state index in [0.717, 1.165) is 5.92 Å². The van der Waals surface area contributed by atoms with Gasteiger partial charge in [-0.2, -0.15) is 0 Å². The van der Waals surface area contributed by atoms with Crippen LogP contribution in [0.15, 0.2) is 0 Å². The van der Waals surface area contributed by atoms with Crippen molar-refractivity contribution in [1.29, 1.82) is 0 Å². The molecule has 3 unspecified atom stereocenters. The van der Waals surface area contributed by atoms with Gasteiger partial charge in [0.05, 0.1) is 21.1 Å². The molecule has 2 saturated carbocycles. The molecule has 4 heteroatoms. The lowest BCUT2D eigenvalue weighted by molar-refractivity contribution is -0.862. The summed E-state index contributed by atoms with van der Waals surface area (Å²) >= 11 is 0. The van der Waals surface area contributed by atoms with E-state index in [1.54, 1.807) is 0 Å². The quantitative estimate of drug-likeness (QED) is 0.665. The molecule has 0 radical (unpaired) electrons. The molecule has 0 aromatic rings. The normalized spacial score (nSPS) is 35.9. The molecule has 112 valence electrons. The molecule has 19 heavy (non-hydrogen) atoms. The second-order valence-corrected chi connectivity index (χ2v) is 8.13. The van der Waals surface area contributed by atoms with Crippen LogP contribution in [0, 0.1) is 17.3 Å². The number of hydrogen-bond donors (Lipinski definition) is 1. The van der Waals surface area contributed by atoms with Gasteiger partial charge in [-0.15, -0.1) is 0 Å². The van der Waals surface area contributed by atoms with Crippen molar-refractivity contribution in [2.24, 2.45) is 17.3 Å². The number of fused-ring (bicyclic) bond motifs is 2. The summed E-state index contributed by atoms with van der Waals surface area (Å²) in [4.78, 5) is 12.3. The van der Waals surface area contributed by atoms with Crippen molar-refractivity contribution >= 4 is 5.91 Å². The topological polar surface area (TPSA) is 29.1 Å². The molecule has 0 spiro atoms. The third-order valence-corrected chi connectivity index (χ3v) is 5.63. The number of quaternary nitrogens is 1. The van der Waals surface area contributed by atoms with Crippen molar-refractivity contribution in [3.8, 4) is 0 Å². The molecule has 3 atom stereocenters. The standard InChI is InChI=1S/C15H28N2O.ClH/c1-14(2)11-7-8-12(9-11)15(14,3)16-13(18)10-17(4,5)6;/h11-12H,7-10H2,1-6H3;1H. The lowest BCUT2D eigenvalue weighted by atomic mass is 9.64. The zero-order chi connectivity index (χ0) is 13.8. The predicted octanol–water partition coefficient (Wildman–Crippen LogP) is -0.972. The van der Waals surface area contributed by atoms with Crippen LogP contribution in [0.1, 0.15) is 40.0 Å². The molecular weight excluding hydrogens is 260 g/mol. The van der Waals surface area contributed by atoms with Crippen molar-refractivity contribution in [2.75, 3.05) is 27.7 Å². The van der Waals surface area contributed by atoms with Crippen molar-refractivity contribution < 1.29 is 21.7 Å². The molecule has 2 aliphatic rings. The number of nitrogens with one attached hydrogen (secondary N) is 1. The van der Waals surface area contributed by atoms with Crippen LogP contribution in [0.3, 0.4) is 0 Å². The van der Waals surface area contributed by atoms with Crippen LogP contribution in [-0.4, -0.2) is 43.6 Å². The molecule has 1 amide bonds. The van der Waals surface area contributed by atoms with Gasteiger partial charge in [-0.25, -0.2) is 0 Å². The Morgan fingerprint density at radius 3 is 2.11 bits per heavy atom. The zero-order valence-electron chi connectivity index (χ0n) is 13.2. The van der Waals surface area contributed by atoms with Crippen LogP contribution in [0.5, 0.6) is 0 Å². The summed E-state index contributed by atoms with van der Waals surface area (Å²) in [5.41, 5.74) is 0.221. The van der Waals surface area contributed by atoms with E-state index < -0.39 is 0 Å². The highest BCUT2D eigenvalue weighted by Gasteiger charge is 2.60. The Bertz CT molecular complexity index is 362. The molecule has 2 bridgehead atoms. The largest absolute Gasteiger partial charge is 1.00 e. The Labute approximate surface area is 124 Å². The number of likely N-dealkylation sites (N-methyl/N-ethyl adjacent to an activating group) is 1. The van der Waals surface area contributed by atoms with Gasteiger partial charge in [0.2, 0.25) is 0 Å². The van der Waals surface area contributed by atoms with Gasteiger partial charge < -0.3 is 22.2 Å². The van der Waals surface area contributed by atoms with E-state index in [2.05, 4.69) is 47.2 Å². The first-order valence-corrected chi connectivity index (χ1v) is 7.18. The van der Waals surface area contributed by atoms with Crippen molar-refractivity contribution in [2.45, 2.75) is 45.6 Å². The minimum absolute atomic E-state index is 0. The van der Waals surface area contributed by atoms with Crippen molar-refractivity contribution in [1.82, 2.24) is 5.32 Å². The zero-order valence-corrected chi connectivity index (χ0v) is 14.0. The molecule has 3 nitrogen and oxygen atoms in total. The van der Waals surface area contributed by atoms with E-state index in [-0.39, 0.29) is 29.3 Å². The second-order valence-electron chi connectivity index (χ2n) is 8.13. The molecule has 0 aromatic heterocycles. The van der Waals surface area contributed by atoms with Gasteiger partial charge in [-0.3, -0.25) is 4.79 Å². The first-order chi connectivity index (χ1) is 8.06. The number of hydrogen-bond acceptors (Lipinski definition) is 1. The van der Waals surface area contributed by atoms with Gasteiger partial charge in [0.15, 0.2) is 6.54 Å². The van der Waals surface area contributed by atoms with Crippen LogP contribution in [-0.2, 0) is 4.79 Å². The summed E-state index contributed by atoms with van der Waals surface area (Å²) in [5, 5.41) is 3.38. The minimum Gasteiger partial charge on any atom is -1.00 e. The minimum atomic E-state index is -0.0117. The summed E-state index contributed by atoms with van der Waals surface area (Å²) in [6.07, 6.45) is 3.93. The smallest absolute Gasteiger partial charge is 0.275 e. The predicted molar refractivity (Wildman–Crippen MR) is 74.1 cm³/mol. The molecule has 2 fully saturated rings. The van der Waals surface area contributed by atoms with Crippen LogP contribution in [0.4, 0.5) is 0 Å². The first-order valence-electron chi connectivity index (χ1n) is 7.18. The molecule has 0 heterocycles. The highest BCUT2D eigenvalue weighted by atomic mass is 35.5. The van der Waals surface area contributed by atoms with Gasteiger partial charge in [0.1, 0.15) is 0 Å². The van der Waals surface area contributed by atoms with Gasteiger partial charge in [-0.05, 0) is 43.4 Å². The van der Waals surface area contributed by atoms with Gasteiger partial charge in [-0.1, -0.05) is 13.8 Å². The van der Waals surface area contributed by atoms with E-state index >= 15 is 0 Å². The third-order valence-electron chi connectivity index (χ3n) is 5.63. The number of nitrogens with zero attached hydrogens (tertiary/aromatic N) is 1. The van der Waals surface area contributed by atoms with Crippen LogP contribution < -0.4 is 17.7 Å². The lowest BCUT2D eigenvalue weighted by Gasteiger charge is -2.48. The fraction of sp³-hybridized carbons (Fsp3) is 0.933. The van der Waals surface area contributed by atoms with Gasteiger partial charge in [0.25, 0.3) is 5.91 Å². The maximum absolute atomic E-state index is 12.3. The molecule has 2 rings (SSSR count). The third kappa shape index (κ3) is 2.78. The van der Waals surface area contributed by atoms with Crippen LogP contribution in [0.25, 0.3) is 0 Å². The Hall–Kier alpha value is -0.280. The molecule has 2 aliphatic carbocycles. The maximum Gasteiger partial charge on any atom is 0.275 e. The Kier molecular flexibility index (Phi) is 4.35. The van der Waals surface area contributed by atoms with Crippen molar-refractivity contribution in [3.05, 3.63) is 0 Å². The maximum atomic E-state index is 12.3. The van der Waals surface area contributed by atoms with E-state index in [1.807, 2.05) is 0 Å². The van der Waals surface area contributed by atoms with Crippen molar-refractivity contribution in [3.63, 3.8) is 0 Å². The molecular formula is C15H29ClN2O. The SMILES string of the molecule is CC1(C)C2CCC(C2)C1(C)NC(=O)C[N+](C)(C)C.[Cl-]. The second kappa shape index (κ2) is 4.92. The van der Waals surface area contributed by atoms with E-state index in [1.165, 1.54) is 19.3 Å². The molecule has 0 aromatic carbocycles. The van der Waals surface area contributed by atoms with Crippen LogP contribution in [0.2, 0.25) is 0 Å².